The van der Waals surface area contributed by atoms with Gasteiger partial charge in [-0.05, 0) is 13.0 Å². The summed E-state index contributed by atoms with van der Waals surface area (Å²) in [5.74, 6) is -3.50. The Morgan fingerprint density at radius 3 is 1.50 bits per heavy atom. The van der Waals surface area contributed by atoms with Crippen LogP contribution in [0.15, 0.2) is 0 Å². The topological polar surface area (TPSA) is 190 Å². The number of carboxylic acid groups (broad SMARTS) is 2. The third-order valence-electron chi connectivity index (χ3n) is 3.55. The lowest BCUT2D eigenvalue weighted by Gasteiger charge is -2.04. The Bertz CT molecular complexity index is 446. The van der Waals surface area contributed by atoms with Gasteiger partial charge in [-0.2, -0.15) is 8.42 Å². The SMILES string of the molecule is CCCCCCCCCCCCN.N.O=C(O)CC(C(=O)O)S(=O)(=O)O. The van der Waals surface area contributed by atoms with Crippen LogP contribution in [-0.2, 0) is 19.7 Å². The fourth-order valence-corrected chi connectivity index (χ4v) is 2.72. The van der Waals surface area contributed by atoms with E-state index >= 15 is 0 Å². The van der Waals surface area contributed by atoms with Crippen LogP contribution in [-0.4, -0.2) is 46.9 Å². The Morgan fingerprint density at radius 2 is 1.27 bits per heavy atom. The lowest BCUT2D eigenvalue weighted by atomic mass is 10.1. The van der Waals surface area contributed by atoms with Crippen molar-refractivity contribution in [2.75, 3.05) is 6.54 Å². The Kier molecular flexibility index (Phi) is 21.1. The van der Waals surface area contributed by atoms with Crippen molar-refractivity contribution in [3.05, 3.63) is 0 Å². The van der Waals surface area contributed by atoms with E-state index in [2.05, 4.69) is 6.92 Å². The van der Waals surface area contributed by atoms with Crippen LogP contribution in [0.1, 0.15) is 77.6 Å². The molecule has 26 heavy (non-hydrogen) atoms. The molecule has 0 heterocycles. The van der Waals surface area contributed by atoms with Gasteiger partial charge in [-0.25, -0.2) is 0 Å². The molecule has 0 aliphatic carbocycles. The van der Waals surface area contributed by atoms with Gasteiger partial charge >= 0.3 is 11.9 Å². The Labute approximate surface area is 156 Å². The molecular weight excluding hydrogens is 364 g/mol. The van der Waals surface area contributed by atoms with Crippen LogP contribution in [0.25, 0.3) is 0 Å². The Hall–Kier alpha value is -1.23. The van der Waals surface area contributed by atoms with Gasteiger partial charge in [-0.15, -0.1) is 0 Å². The maximum Gasteiger partial charge on any atom is 0.325 e. The molecule has 0 amide bonds. The summed E-state index contributed by atoms with van der Waals surface area (Å²) in [6.07, 6.45) is 12.8. The fourth-order valence-electron chi connectivity index (χ4n) is 2.11. The van der Waals surface area contributed by atoms with E-state index in [1.54, 1.807) is 0 Å². The minimum Gasteiger partial charge on any atom is -0.481 e. The predicted molar refractivity (Wildman–Crippen MR) is 101 cm³/mol. The molecule has 158 valence electrons. The molecular formula is C16H36N2O7S. The molecule has 0 aromatic rings. The van der Waals surface area contributed by atoms with Gasteiger partial charge < -0.3 is 22.1 Å². The van der Waals surface area contributed by atoms with Gasteiger partial charge in [0.1, 0.15) is 0 Å². The Morgan fingerprint density at radius 1 is 0.885 bits per heavy atom. The molecule has 0 rings (SSSR count). The summed E-state index contributed by atoms with van der Waals surface area (Å²) in [6, 6.07) is 0. The number of nitrogens with two attached hydrogens (primary N) is 1. The molecule has 9 nitrogen and oxygen atoms in total. The summed E-state index contributed by atoms with van der Waals surface area (Å²) in [4.78, 5) is 20.0. The quantitative estimate of drug-likeness (QED) is 0.215. The molecule has 1 atom stereocenters. The van der Waals surface area contributed by atoms with E-state index in [1.807, 2.05) is 0 Å². The van der Waals surface area contributed by atoms with Gasteiger partial charge in [0.2, 0.25) is 0 Å². The van der Waals surface area contributed by atoms with Crippen LogP contribution in [0.2, 0.25) is 0 Å². The van der Waals surface area contributed by atoms with Crippen LogP contribution in [0.4, 0.5) is 0 Å². The van der Waals surface area contributed by atoms with Gasteiger partial charge in [0.25, 0.3) is 10.1 Å². The molecule has 0 bridgehead atoms. The highest BCUT2D eigenvalue weighted by molar-refractivity contribution is 7.87. The number of carboxylic acids is 2. The first-order valence-corrected chi connectivity index (χ1v) is 10.3. The largest absolute Gasteiger partial charge is 0.481 e. The highest BCUT2D eigenvalue weighted by Crippen LogP contribution is 2.10. The summed E-state index contributed by atoms with van der Waals surface area (Å²) in [5, 5.41) is 13.9. The molecule has 10 heteroatoms. The fraction of sp³-hybridized carbons (Fsp3) is 0.875. The lowest BCUT2D eigenvalue weighted by molar-refractivity contribution is -0.143. The van der Waals surface area contributed by atoms with Crippen molar-refractivity contribution >= 4 is 22.1 Å². The van der Waals surface area contributed by atoms with Crippen molar-refractivity contribution in [1.82, 2.24) is 6.15 Å². The summed E-state index contributed by atoms with van der Waals surface area (Å²) >= 11 is 0. The van der Waals surface area contributed by atoms with Crippen LogP contribution in [0.3, 0.4) is 0 Å². The maximum atomic E-state index is 10.2. The average Bonchev–Trinajstić information content (AvgIpc) is 2.50. The number of hydrogen-bond acceptors (Lipinski definition) is 6. The smallest absolute Gasteiger partial charge is 0.325 e. The molecule has 0 saturated carbocycles. The number of rotatable bonds is 14. The average molecular weight is 401 g/mol. The van der Waals surface area contributed by atoms with Crippen molar-refractivity contribution in [2.45, 2.75) is 82.8 Å². The molecule has 0 aromatic carbocycles. The van der Waals surface area contributed by atoms with E-state index in [1.165, 1.54) is 64.2 Å². The van der Waals surface area contributed by atoms with Crippen LogP contribution in [0, 0.1) is 0 Å². The first-order valence-electron chi connectivity index (χ1n) is 8.77. The highest BCUT2D eigenvalue weighted by Gasteiger charge is 2.33. The van der Waals surface area contributed by atoms with Crippen molar-refractivity contribution in [2.24, 2.45) is 5.73 Å². The van der Waals surface area contributed by atoms with Gasteiger partial charge in [0, 0.05) is 0 Å². The van der Waals surface area contributed by atoms with Crippen molar-refractivity contribution in [3.8, 4) is 0 Å². The molecule has 0 spiro atoms. The number of aliphatic carboxylic acids is 2. The molecule has 0 fully saturated rings. The molecule has 0 radical (unpaired) electrons. The van der Waals surface area contributed by atoms with Gasteiger partial charge in [-0.3, -0.25) is 14.1 Å². The van der Waals surface area contributed by atoms with E-state index in [9.17, 15) is 18.0 Å². The molecule has 0 saturated heterocycles. The minimum absolute atomic E-state index is 0. The lowest BCUT2D eigenvalue weighted by Crippen LogP contribution is -2.31. The molecule has 0 aliphatic heterocycles. The van der Waals surface area contributed by atoms with E-state index in [0.717, 1.165) is 6.54 Å². The summed E-state index contributed by atoms with van der Waals surface area (Å²) in [6.45, 7) is 3.14. The normalized spacial score (nSPS) is 11.7. The summed E-state index contributed by atoms with van der Waals surface area (Å²) in [5.41, 5.74) is 5.42. The highest BCUT2D eigenvalue weighted by atomic mass is 32.2. The number of hydrogen-bond donors (Lipinski definition) is 5. The van der Waals surface area contributed by atoms with Gasteiger partial charge in [-0.1, -0.05) is 64.7 Å². The molecule has 8 N–H and O–H groups in total. The zero-order chi connectivity index (χ0) is 19.7. The maximum absolute atomic E-state index is 10.2. The standard InChI is InChI=1S/C12H27N.C4H6O7S.H3N/c1-2-3-4-5-6-7-8-9-10-11-12-13;5-3(6)1-2(4(7)8)12(9,10)11;/h2-13H2,1H3;2H,1H2,(H,5,6)(H,7,8)(H,9,10,11);1H3. The monoisotopic (exact) mass is 400 g/mol. The van der Waals surface area contributed by atoms with Crippen molar-refractivity contribution < 1.29 is 32.8 Å². The number of unbranched alkanes of at least 4 members (excludes halogenated alkanes) is 9. The summed E-state index contributed by atoms with van der Waals surface area (Å²) < 4.78 is 28.7. The second-order valence-corrected chi connectivity index (χ2v) is 7.51. The zero-order valence-corrected chi connectivity index (χ0v) is 16.5. The zero-order valence-electron chi connectivity index (χ0n) is 15.7. The minimum atomic E-state index is -4.84. The van der Waals surface area contributed by atoms with Crippen LogP contribution in [0.5, 0.6) is 0 Å². The third-order valence-corrected chi connectivity index (χ3v) is 4.64. The van der Waals surface area contributed by atoms with Gasteiger partial charge in [0.05, 0.1) is 6.42 Å². The Balaban J connectivity index is -0.000000393. The number of carbonyl (C=O) groups is 2. The first kappa shape index (κ1) is 29.5. The van der Waals surface area contributed by atoms with E-state index in [0.29, 0.717) is 0 Å². The van der Waals surface area contributed by atoms with E-state index in [4.69, 9.17) is 20.5 Å². The van der Waals surface area contributed by atoms with Crippen LogP contribution < -0.4 is 11.9 Å². The second-order valence-electron chi connectivity index (χ2n) is 5.91. The van der Waals surface area contributed by atoms with Crippen molar-refractivity contribution in [1.29, 1.82) is 0 Å². The van der Waals surface area contributed by atoms with E-state index < -0.39 is 33.7 Å². The van der Waals surface area contributed by atoms with E-state index in [-0.39, 0.29) is 6.15 Å². The third kappa shape index (κ3) is 20.8. The predicted octanol–water partition coefficient (Wildman–Crippen LogP) is 2.83. The molecule has 0 aliphatic rings. The second kappa shape index (κ2) is 18.6. The first-order chi connectivity index (χ1) is 11.7. The molecule has 1 unspecified atom stereocenters. The summed E-state index contributed by atoms with van der Waals surface area (Å²) in [7, 11) is -4.84. The van der Waals surface area contributed by atoms with Crippen LogP contribution >= 0.6 is 0 Å². The van der Waals surface area contributed by atoms with Gasteiger partial charge in [0.15, 0.2) is 5.25 Å². The molecule has 0 aromatic heterocycles. The van der Waals surface area contributed by atoms with Crippen molar-refractivity contribution in [3.63, 3.8) is 0 Å².